The van der Waals surface area contributed by atoms with Crippen LogP contribution in [0.3, 0.4) is 0 Å². The first kappa shape index (κ1) is 11.0. The first-order valence-electron chi connectivity index (χ1n) is 5.23. The summed E-state index contributed by atoms with van der Waals surface area (Å²) in [7, 11) is 0. The summed E-state index contributed by atoms with van der Waals surface area (Å²) < 4.78 is 1.95. The van der Waals surface area contributed by atoms with Gasteiger partial charge in [0.25, 0.3) is 0 Å². The van der Waals surface area contributed by atoms with Gasteiger partial charge >= 0.3 is 0 Å². The monoisotopic (exact) mass is 232 g/mol. The van der Waals surface area contributed by atoms with E-state index in [2.05, 4.69) is 18.1 Å². The van der Waals surface area contributed by atoms with Crippen LogP contribution in [0, 0.1) is 0 Å². The van der Waals surface area contributed by atoms with Crippen molar-refractivity contribution in [3.8, 4) is 0 Å². The van der Waals surface area contributed by atoms with Gasteiger partial charge in [-0.1, -0.05) is 30.7 Å². The summed E-state index contributed by atoms with van der Waals surface area (Å²) in [5.41, 5.74) is 2.45. The van der Waals surface area contributed by atoms with E-state index in [1.54, 1.807) is 12.5 Å². The van der Waals surface area contributed by atoms with Crippen LogP contribution in [0.2, 0.25) is 5.02 Å². The predicted molar refractivity (Wildman–Crippen MR) is 68.1 cm³/mol. The largest absolute Gasteiger partial charge is 0.313 e. The van der Waals surface area contributed by atoms with Gasteiger partial charge < -0.3 is 4.57 Å². The van der Waals surface area contributed by atoms with Gasteiger partial charge in [0.05, 0.1) is 6.33 Å². The average Bonchev–Trinajstić information content (AvgIpc) is 2.80. The summed E-state index contributed by atoms with van der Waals surface area (Å²) in [4.78, 5) is 4.01. The molecule has 0 bridgehead atoms. The molecular formula is C13H13ClN2. The van der Waals surface area contributed by atoms with Crippen LogP contribution < -0.4 is 0 Å². The molecule has 0 fully saturated rings. The molecule has 0 atom stereocenters. The van der Waals surface area contributed by atoms with E-state index in [1.807, 2.05) is 35.0 Å². The number of halogens is 1. The van der Waals surface area contributed by atoms with Gasteiger partial charge in [-0.15, -0.1) is 0 Å². The second-order valence-corrected chi connectivity index (χ2v) is 3.96. The molecule has 0 N–H and O–H groups in total. The quantitative estimate of drug-likeness (QED) is 0.784. The maximum Gasteiger partial charge on any atom is 0.0986 e. The summed E-state index contributed by atoms with van der Waals surface area (Å²) in [6.07, 6.45) is 8.53. The van der Waals surface area contributed by atoms with Crippen LogP contribution in [0.5, 0.6) is 0 Å². The highest BCUT2D eigenvalue weighted by Gasteiger charge is 1.99. The van der Waals surface area contributed by atoms with Gasteiger partial charge in [0.2, 0.25) is 0 Å². The highest BCUT2D eigenvalue weighted by molar-refractivity contribution is 6.30. The van der Waals surface area contributed by atoms with Gasteiger partial charge in [-0.3, -0.25) is 0 Å². The summed E-state index contributed by atoms with van der Waals surface area (Å²) in [6, 6.07) is 7.89. The lowest BCUT2D eigenvalue weighted by Gasteiger charge is -2.05. The molecule has 1 aromatic heterocycles. The second kappa shape index (κ2) is 4.99. The minimum Gasteiger partial charge on any atom is -0.313 e. The fraction of sp³-hybridized carbons (Fsp3) is 0.154. The minimum absolute atomic E-state index is 0.766. The molecule has 0 saturated carbocycles. The van der Waals surface area contributed by atoms with Crippen LogP contribution >= 0.6 is 11.6 Å². The van der Waals surface area contributed by atoms with E-state index in [0.717, 1.165) is 11.4 Å². The molecule has 0 saturated heterocycles. The minimum atomic E-state index is 0.766. The first-order chi connectivity index (χ1) is 7.79. The normalized spacial score (nSPS) is 11.8. The Morgan fingerprint density at radius 2 is 2.12 bits per heavy atom. The summed E-state index contributed by atoms with van der Waals surface area (Å²) in [6.45, 7) is 2.14. The molecular weight excluding hydrogens is 220 g/mol. The highest BCUT2D eigenvalue weighted by atomic mass is 35.5. The summed E-state index contributed by atoms with van der Waals surface area (Å²) in [5.74, 6) is 0. The number of allylic oxidation sites excluding steroid dienone is 1. The van der Waals surface area contributed by atoms with Crippen LogP contribution in [0.15, 0.2) is 43.0 Å². The molecule has 0 aliphatic rings. The van der Waals surface area contributed by atoms with E-state index >= 15 is 0 Å². The number of rotatable bonds is 3. The third-order valence-electron chi connectivity index (χ3n) is 2.43. The first-order valence-corrected chi connectivity index (χ1v) is 5.61. The van der Waals surface area contributed by atoms with Crippen molar-refractivity contribution in [1.82, 2.24) is 9.55 Å². The zero-order chi connectivity index (χ0) is 11.4. The van der Waals surface area contributed by atoms with E-state index in [9.17, 15) is 0 Å². The van der Waals surface area contributed by atoms with Crippen molar-refractivity contribution in [2.75, 3.05) is 0 Å². The van der Waals surface area contributed by atoms with Gasteiger partial charge in [0.15, 0.2) is 0 Å². The fourth-order valence-electron chi connectivity index (χ4n) is 1.56. The van der Waals surface area contributed by atoms with E-state index in [0.29, 0.717) is 0 Å². The molecule has 3 heteroatoms. The Balaban J connectivity index is 2.32. The van der Waals surface area contributed by atoms with Crippen molar-refractivity contribution in [3.63, 3.8) is 0 Å². The van der Waals surface area contributed by atoms with Crippen LogP contribution in [-0.2, 0) is 0 Å². The van der Waals surface area contributed by atoms with Crippen molar-refractivity contribution >= 4 is 23.4 Å². The third kappa shape index (κ3) is 2.52. The molecule has 0 aliphatic carbocycles. The van der Waals surface area contributed by atoms with Gasteiger partial charge in [0.1, 0.15) is 0 Å². The molecule has 0 aliphatic heterocycles. The molecule has 82 valence electrons. The molecule has 2 nitrogen and oxygen atoms in total. The Labute approximate surface area is 100 Å². The summed E-state index contributed by atoms with van der Waals surface area (Å²) >= 11 is 5.87. The number of hydrogen-bond donors (Lipinski definition) is 0. The number of imidazole rings is 1. The number of aromatic nitrogens is 2. The second-order valence-electron chi connectivity index (χ2n) is 3.52. The smallest absolute Gasteiger partial charge is 0.0986 e. The Morgan fingerprint density at radius 3 is 2.69 bits per heavy atom. The van der Waals surface area contributed by atoms with Gasteiger partial charge in [0, 0.05) is 23.6 Å². The zero-order valence-electron chi connectivity index (χ0n) is 9.10. The molecule has 16 heavy (non-hydrogen) atoms. The van der Waals surface area contributed by atoms with Gasteiger partial charge in [-0.05, 0) is 29.7 Å². The van der Waals surface area contributed by atoms with Crippen molar-refractivity contribution in [1.29, 1.82) is 0 Å². The van der Waals surface area contributed by atoms with Crippen molar-refractivity contribution in [2.45, 2.75) is 13.3 Å². The summed E-state index contributed by atoms with van der Waals surface area (Å²) in [5, 5.41) is 0.766. The zero-order valence-corrected chi connectivity index (χ0v) is 9.85. The van der Waals surface area contributed by atoms with Crippen LogP contribution in [0.4, 0.5) is 0 Å². The molecule has 2 aromatic rings. The van der Waals surface area contributed by atoms with E-state index in [1.165, 1.54) is 11.1 Å². The molecule has 2 rings (SSSR count). The van der Waals surface area contributed by atoms with E-state index < -0.39 is 0 Å². The molecule has 0 unspecified atom stereocenters. The van der Waals surface area contributed by atoms with E-state index in [4.69, 9.17) is 11.6 Å². The SMILES string of the molecule is CC/C(=C\n1ccnc1)c1ccc(Cl)cc1. The van der Waals surface area contributed by atoms with E-state index in [-0.39, 0.29) is 0 Å². The molecule has 1 heterocycles. The number of nitrogens with zero attached hydrogens (tertiary/aromatic N) is 2. The van der Waals surface area contributed by atoms with Crippen LogP contribution in [-0.4, -0.2) is 9.55 Å². The molecule has 0 amide bonds. The molecule has 1 aromatic carbocycles. The van der Waals surface area contributed by atoms with Crippen molar-refractivity contribution < 1.29 is 0 Å². The molecule has 0 spiro atoms. The number of hydrogen-bond acceptors (Lipinski definition) is 1. The third-order valence-corrected chi connectivity index (χ3v) is 2.68. The topological polar surface area (TPSA) is 17.8 Å². The Bertz CT molecular complexity index is 469. The standard InChI is InChI=1S/C13H13ClN2/c1-2-11(9-16-8-7-15-10-16)12-3-5-13(14)6-4-12/h3-10H,2H2,1H3/b11-9+. The average molecular weight is 233 g/mol. The Morgan fingerprint density at radius 1 is 1.38 bits per heavy atom. The fourth-order valence-corrected chi connectivity index (χ4v) is 1.69. The lowest BCUT2D eigenvalue weighted by atomic mass is 10.1. The molecule has 0 radical (unpaired) electrons. The lowest BCUT2D eigenvalue weighted by molar-refractivity contribution is 1.12. The predicted octanol–water partition coefficient (Wildman–Crippen LogP) is 3.94. The van der Waals surface area contributed by atoms with Crippen LogP contribution in [0.25, 0.3) is 11.8 Å². The highest BCUT2D eigenvalue weighted by Crippen LogP contribution is 2.20. The van der Waals surface area contributed by atoms with Gasteiger partial charge in [-0.2, -0.15) is 0 Å². The maximum atomic E-state index is 5.87. The lowest BCUT2D eigenvalue weighted by Crippen LogP contribution is -1.87. The maximum absolute atomic E-state index is 5.87. The van der Waals surface area contributed by atoms with Crippen molar-refractivity contribution in [2.24, 2.45) is 0 Å². The van der Waals surface area contributed by atoms with Crippen molar-refractivity contribution in [3.05, 3.63) is 53.6 Å². The Kier molecular flexibility index (Phi) is 3.42. The Hall–Kier alpha value is -1.54. The van der Waals surface area contributed by atoms with Crippen LogP contribution in [0.1, 0.15) is 18.9 Å². The number of benzene rings is 1. The van der Waals surface area contributed by atoms with Gasteiger partial charge in [-0.25, -0.2) is 4.98 Å².